The monoisotopic (exact) mass is 214 g/mol. The fraction of sp³-hybridized carbons (Fsp3) is 0.750. The molecular formula is C4H8IP. The first-order valence-corrected chi connectivity index (χ1v) is 3.13. The van der Waals surface area contributed by atoms with Gasteiger partial charge in [0.2, 0.25) is 0 Å². The summed E-state index contributed by atoms with van der Waals surface area (Å²) in [7, 11) is 1.57. The van der Waals surface area contributed by atoms with E-state index in [0.29, 0.717) is 0 Å². The van der Waals surface area contributed by atoms with Gasteiger partial charge in [0.05, 0.1) is 0 Å². The van der Waals surface area contributed by atoms with Gasteiger partial charge in [-0.1, -0.05) is 5.80 Å². The van der Waals surface area contributed by atoms with E-state index in [9.17, 15) is 0 Å². The molecule has 6 heavy (non-hydrogen) atoms. The molecule has 0 N–H and O–H groups in total. The van der Waals surface area contributed by atoms with E-state index in [0.717, 1.165) is 0 Å². The number of rotatable bonds is 0. The Labute approximate surface area is 57.1 Å². The van der Waals surface area contributed by atoms with Crippen LogP contribution in [0.4, 0.5) is 0 Å². The van der Waals surface area contributed by atoms with E-state index in [-0.39, 0.29) is 24.0 Å². The number of hydrogen-bond donors (Lipinski definition) is 0. The standard InChI is InChI=1S/C4H7P.HI/c1-2-4-5-3-1;/h3H,1-2,4H2;1H. The maximum absolute atomic E-state index is 2.33. The number of hydrogen-bond acceptors (Lipinski definition) is 0. The van der Waals surface area contributed by atoms with Crippen molar-refractivity contribution in [1.29, 1.82) is 0 Å². The van der Waals surface area contributed by atoms with Gasteiger partial charge in [-0.3, -0.25) is 0 Å². The largest absolute Gasteiger partial charge is 0.109 e. The zero-order valence-corrected chi connectivity index (χ0v) is 6.78. The van der Waals surface area contributed by atoms with Crippen molar-refractivity contribution in [1.82, 2.24) is 0 Å². The Morgan fingerprint density at radius 2 is 2.33 bits per heavy atom. The van der Waals surface area contributed by atoms with Gasteiger partial charge in [-0.25, -0.2) is 0 Å². The molecule has 0 radical (unpaired) electrons. The van der Waals surface area contributed by atoms with Crippen molar-refractivity contribution >= 4 is 38.0 Å². The lowest BCUT2D eigenvalue weighted by Gasteiger charge is -1.68. The van der Waals surface area contributed by atoms with E-state index in [1.165, 1.54) is 19.0 Å². The second-order valence-electron chi connectivity index (χ2n) is 1.23. The van der Waals surface area contributed by atoms with Gasteiger partial charge >= 0.3 is 0 Å². The molecule has 2 heteroatoms. The summed E-state index contributed by atoms with van der Waals surface area (Å²) in [4.78, 5) is 0. The third-order valence-corrected chi connectivity index (χ3v) is 1.84. The maximum atomic E-state index is 2.33. The Morgan fingerprint density at radius 3 is 2.50 bits per heavy atom. The van der Waals surface area contributed by atoms with Crippen molar-refractivity contribution < 1.29 is 0 Å². The highest BCUT2D eigenvalue weighted by atomic mass is 127. The normalized spacial score (nSPS) is 20.0. The Morgan fingerprint density at radius 1 is 1.50 bits per heavy atom. The molecule has 0 aromatic heterocycles. The second kappa shape index (κ2) is 4.07. The van der Waals surface area contributed by atoms with Crippen molar-refractivity contribution in [3.63, 3.8) is 0 Å². The summed E-state index contributed by atoms with van der Waals surface area (Å²) in [6, 6.07) is 0. The Kier molecular flexibility index (Phi) is 4.68. The zero-order valence-electron chi connectivity index (χ0n) is 3.55. The predicted octanol–water partition coefficient (Wildman–Crippen LogP) is 2.15. The van der Waals surface area contributed by atoms with Crippen LogP contribution in [0.3, 0.4) is 0 Å². The lowest BCUT2D eigenvalue weighted by atomic mass is 10.4. The molecule has 0 fully saturated rings. The minimum atomic E-state index is 0. The van der Waals surface area contributed by atoms with Gasteiger partial charge in [0.1, 0.15) is 0 Å². The predicted molar refractivity (Wildman–Crippen MR) is 42.5 cm³/mol. The van der Waals surface area contributed by atoms with Crippen molar-refractivity contribution in [3.8, 4) is 0 Å². The molecule has 36 valence electrons. The summed E-state index contributed by atoms with van der Waals surface area (Å²) < 4.78 is 0. The van der Waals surface area contributed by atoms with Gasteiger partial charge in [-0.05, 0) is 19.0 Å². The molecule has 1 heterocycles. The molecule has 0 aromatic carbocycles. The van der Waals surface area contributed by atoms with Gasteiger partial charge in [0, 0.05) is 0 Å². The molecule has 0 aromatic rings. The van der Waals surface area contributed by atoms with Crippen LogP contribution in [0.5, 0.6) is 0 Å². The fourth-order valence-corrected chi connectivity index (χ4v) is 1.37. The lowest BCUT2D eigenvalue weighted by molar-refractivity contribution is 1.05. The van der Waals surface area contributed by atoms with Crippen LogP contribution in [0.15, 0.2) is 0 Å². The second-order valence-corrected chi connectivity index (χ2v) is 2.41. The minimum Gasteiger partial charge on any atom is -0.109 e. The van der Waals surface area contributed by atoms with E-state index in [2.05, 4.69) is 5.80 Å². The van der Waals surface area contributed by atoms with Crippen LogP contribution < -0.4 is 0 Å². The van der Waals surface area contributed by atoms with Crippen molar-refractivity contribution in [2.24, 2.45) is 0 Å². The van der Waals surface area contributed by atoms with E-state index in [1.54, 1.807) is 8.20 Å². The molecule has 1 rings (SSSR count). The third-order valence-electron chi connectivity index (χ3n) is 0.750. The molecule has 1 aliphatic heterocycles. The number of halogens is 1. The molecular weight excluding hydrogens is 206 g/mol. The van der Waals surface area contributed by atoms with Crippen molar-refractivity contribution in [2.45, 2.75) is 12.8 Å². The average Bonchev–Trinajstić information content (AvgIpc) is 1.76. The Balaban J connectivity index is 0.000000250. The van der Waals surface area contributed by atoms with Crippen LogP contribution in [0.2, 0.25) is 0 Å². The molecule has 0 saturated heterocycles. The van der Waals surface area contributed by atoms with Crippen LogP contribution >= 0.6 is 32.2 Å². The van der Waals surface area contributed by atoms with Crippen LogP contribution in [0.25, 0.3) is 0 Å². The summed E-state index contributed by atoms with van der Waals surface area (Å²) in [5.74, 6) is 2.33. The molecule has 0 atom stereocenters. The molecule has 0 bridgehead atoms. The minimum absolute atomic E-state index is 0. The zero-order chi connectivity index (χ0) is 3.54. The van der Waals surface area contributed by atoms with E-state index >= 15 is 0 Å². The van der Waals surface area contributed by atoms with Gasteiger partial charge in [0.15, 0.2) is 0 Å². The van der Waals surface area contributed by atoms with Crippen molar-refractivity contribution in [3.05, 3.63) is 0 Å². The molecule has 0 unspecified atom stereocenters. The molecule has 0 saturated carbocycles. The van der Waals surface area contributed by atoms with E-state index < -0.39 is 0 Å². The third kappa shape index (κ3) is 2.14. The summed E-state index contributed by atoms with van der Waals surface area (Å²) in [6.45, 7) is 0. The highest BCUT2D eigenvalue weighted by Crippen LogP contribution is 2.07. The Bertz CT molecular complexity index is 45.5. The highest BCUT2D eigenvalue weighted by molar-refractivity contribution is 14.0. The summed E-state index contributed by atoms with van der Waals surface area (Å²) in [6.07, 6.45) is 4.21. The van der Waals surface area contributed by atoms with Gasteiger partial charge in [-0.2, -0.15) is 0 Å². The van der Waals surface area contributed by atoms with Gasteiger partial charge in [0.25, 0.3) is 0 Å². The topological polar surface area (TPSA) is 0 Å². The molecule has 0 nitrogen and oxygen atoms in total. The molecule has 0 spiro atoms. The first kappa shape index (κ1) is 6.90. The van der Waals surface area contributed by atoms with Crippen LogP contribution in [0, 0.1) is 0 Å². The van der Waals surface area contributed by atoms with Crippen molar-refractivity contribution in [2.75, 3.05) is 6.16 Å². The van der Waals surface area contributed by atoms with Gasteiger partial charge in [-0.15, -0.1) is 32.2 Å². The lowest BCUT2D eigenvalue weighted by Crippen LogP contribution is -1.60. The van der Waals surface area contributed by atoms with Crippen LogP contribution in [0.1, 0.15) is 12.8 Å². The van der Waals surface area contributed by atoms with Crippen LogP contribution in [-0.2, 0) is 0 Å². The quantitative estimate of drug-likeness (QED) is 0.428. The first-order valence-electron chi connectivity index (χ1n) is 1.98. The van der Waals surface area contributed by atoms with E-state index in [1.807, 2.05) is 0 Å². The fourth-order valence-electron chi connectivity index (χ4n) is 0.456. The average molecular weight is 214 g/mol. The molecule has 0 aliphatic carbocycles. The smallest absolute Gasteiger partial charge is 0.0106 e. The summed E-state index contributed by atoms with van der Waals surface area (Å²) in [5, 5.41) is 0. The van der Waals surface area contributed by atoms with Gasteiger partial charge < -0.3 is 0 Å². The highest BCUT2D eigenvalue weighted by Gasteiger charge is 1.85. The summed E-state index contributed by atoms with van der Waals surface area (Å²) >= 11 is 0. The SMILES string of the molecule is C1=PCCC1.I. The maximum Gasteiger partial charge on any atom is -0.0106 e. The Hall–Kier alpha value is 0.900. The van der Waals surface area contributed by atoms with Crippen LogP contribution in [-0.4, -0.2) is 12.0 Å². The molecule has 0 amide bonds. The first-order chi connectivity index (χ1) is 2.50. The summed E-state index contributed by atoms with van der Waals surface area (Å²) in [5.41, 5.74) is 0. The van der Waals surface area contributed by atoms with E-state index in [4.69, 9.17) is 0 Å². The molecule has 1 aliphatic rings.